The Hall–Kier alpha value is -0.740. The molecule has 2 rings (SSSR count). The fourth-order valence-electron chi connectivity index (χ4n) is 2.46. The van der Waals surface area contributed by atoms with Gasteiger partial charge >= 0.3 is 0 Å². The molecule has 0 amide bonds. The van der Waals surface area contributed by atoms with E-state index in [1.165, 1.54) is 23.4 Å². The van der Waals surface area contributed by atoms with Crippen LogP contribution in [0.1, 0.15) is 31.5 Å². The van der Waals surface area contributed by atoms with Gasteiger partial charge in [0, 0.05) is 53.3 Å². The molecular weight excluding hydrogens is 254 g/mol. The number of thioether (sulfide) groups is 1. The number of aryl methyl sites for hydroxylation is 1. The molecule has 0 radical (unpaired) electrons. The second-order valence-electron chi connectivity index (χ2n) is 5.83. The zero-order valence-electron chi connectivity index (χ0n) is 12.5. The molecular formula is C15H25N3S. The summed E-state index contributed by atoms with van der Waals surface area (Å²) in [4.78, 5) is 6.96. The number of nitrogens with zero attached hydrogens (tertiary/aromatic N) is 2. The molecule has 4 heteroatoms. The van der Waals surface area contributed by atoms with Crippen LogP contribution in [0.5, 0.6) is 0 Å². The molecule has 3 nitrogen and oxygen atoms in total. The highest BCUT2D eigenvalue weighted by atomic mass is 32.2. The summed E-state index contributed by atoms with van der Waals surface area (Å²) in [6.45, 7) is 9.94. The number of rotatable bonds is 3. The third-order valence-electron chi connectivity index (χ3n) is 3.64. The number of hydrogen-bond acceptors (Lipinski definition) is 4. The molecule has 1 aliphatic heterocycles. The fraction of sp³-hybridized carbons (Fsp3) is 0.667. The largest absolute Gasteiger partial charge is 0.370 e. The third-order valence-corrected chi connectivity index (χ3v) is 5.02. The van der Waals surface area contributed by atoms with Crippen molar-refractivity contribution in [2.75, 3.05) is 30.8 Å². The summed E-state index contributed by atoms with van der Waals surface area (Å²) in [5.41, 5.74) is 3.77. The van der Waals surface area contributed by atoms with E-state index in [4.69, 9.17) is 0 Å². The zero-order valence-corrected chi connectivity index (χ0v) is 13.3. The second kappa shape index (κ2) is 6.14. The highest BCUT2D eigenvalue weighted by molar-refractivity contribution is 8.00. The summed E-state index contributed by atoms with van der Waals surface area (Å²) in [7, 11) is 1.99. The Balaban J connectivity index is 2.22. The van der Waals surface area contributed by atoms with Crippen LogP contribution in [0.15, 0.2) is 12.3 Å². The Bertz CT molecular complexity index is 431. The minimum atomic E-state index is 0.403. The molecule has 0 unspecified atom stereocenters. The molecule has 2 heterocycles. The van der Waals surface area contributed by atoms with Gasteiger partial charge in [-0.05, 0) is 26.5 Å². The van der Waals surface area contributed by atoms with Crippen LogP contribution in [0.4, 0.5) is 5.69 Å². The van der Waals surface area contributed by atoms with Crippen molar-refractivity contribution < 1.29 is 0 Å². The average Bonchev–Trinajstić information content (AvgIpc) is 2.53. The highest BCUT2D eigenvalue weighted by Gasteiger charge is 2.24. The van der Waals surface area contributed by atoms with Crippen LogP contribution in [0, 0.1) is 6.92 Å². The number of hydrogen-bond donors (Lipinski definition) is 1. The van der Waals surface area contributed by atoms with Crippen molar-refractivity contribution in [2.45, 2.75) is 38.5 Å². The monoisotopic (exact) mass is 279 g/mol. The van der Waals surface area contributed by atoms with Crippen molar-refractivity contribution in [1.29, 1.82) is 0 Å². The molecule has 0 aromatic carbocycles. The predicted molar refractivity (Wildman–Crippen MR) is 85.1 cm³/mol. The second-order valence-corrected chi connectivity index (χ2v) is 7.63. The van der Waals surface area contributed by atoms with Crippen LogP contribution in [-0.2, 0) is 6.54 Å². The summed E-state index contributed by atoms with van der Waals surface area (Å²) in [5, 5.41) is 3.24. The van der Waals surface area contributed by atoms with Crippen LogP contribution in [0.2, 0.25) is 0 Å². The maximum Gasteiger partial charge on any atom is 0.0445 e. The molecule has 0 saturated carbocycles. The van der Waals surface area contributed by atoms with E-state index in [0.29, 0.717) is 4.75 Å². The number of anilines is 1. The van der Waals surface area contributed by atoms with Crippen molar-refractivity contribution >= 4 is 17.4 Å². The average molecular weight is 279 g/mol. The quantitative estimate of drug-likeness (QED) is 0.921. The lowest BCUT2D eigenvalue weighted by atomic mass is 10.1. The van der Waals surface area contributed by atoms with E-state index in [1.54, 1.807) is 0 Å². The van der Waals surface area contributed by atoms with Gasteiger partial charge in [0.1, 0.15) is 0 Å². The molecule has 0 spiro atoms. The van der Waals surface area contributed by atoms with Gasteiger partial charge in [0.15, 0.2) is 0 Å². The summed E-state index contributed by atoms with van der Waals surface area (Å²) >= 11 is 2.09. The molecule has 19 heavy (non-hydrogen) atoms. The summed E-state index contributed by atoms with van der Waals surface area (Å²) < 4.78 is 0.403. The molecule has 1 N–H and O–H groups in total. The van der Waals surface area contributed by atoms with Crippen LogP contribution in [0.25, 0.3) is 0 Å². The van der Waals surface area contributed by atoms with Crippen LogP contribution >= 0.6 is 11.8 Å². The van der Waals surface area contributed by atoms with E-state index in [0.717, 1.165) is 25.3 Å². The first-order valence-electron chi connectivity index (χ1n) is 7.01. The molecule has 1 aromatic heterocycles. The first-order valence-corrected chi connectivity index (χ1v) is 7.99. The lowest BCUT2D eigenvalue weighted by molar-refractivity contribution is 0.635. The Morgan fingerprint density at radius 2 is 2.21 bits per heavy atom. The Labute approximate surface area is 121 Å². The van der Waals surface area contributed by atoms with E-state index >= 15 is 0 Å². The first-order chi connectivity index (χ1) is 9.02. The molecule has 0 aliphatic carbocycles. The van der Waals surface area contributed by atoms with Crippen molar-refractivity contribution in [1.82, 2.24) is 10.3 Å². The Morgan fingerprint density at radius 1 is 1.42 bits per heavy atom. The van der Waals surface area contributed by atoms with Gasteiger partial charge in [0.25, 0.3) is 0 Å². The van der Waals surface area contributed by atoms with Gasteiger partial charge in [0.2, 0.25) is 0 Å². The summed E-state index contributed by atoms with van der Waals surface area (Å²) in [6, 6.07) is 2.23. The topological polar surface area (TPSA) is 28.2 Å². The standard InChI is InChI=1S/C15H25N3S/c1-12-9-14(13(10-16-4)11-17-12)18-6-5-15(2,3)19-8-7-18/h9,11,16H,5-8,10H2,1-4H3. The molecule has 1 aliphatic rings. The van der Waals surface area contributed by atoms with Gasteiger partial charge in [-0.1, -0.05) is 13.8 Å². The van der Waals surface area contributed by atoms with Gasteiger partial charge in [-0.15, -0.1) is 0 Å². The highest BCUT2D eigenvalue weighted by Crippen LogP contribution is 2.33. The molecule has 0 bridgehead atoms. The van der Waals surface area contributed by atoms with Gasteiger partial charge in [0.05, 0.1) is 0 Å². The number of nitrogens with one attached hydrogen (secondary N) is 1. The molecule has 1 fully saturated rings. The Kier molecular flexibility index (Phi) is 4.74. The van der Waals surface area contributed by atoms with E-state index in [9.17, 15) is 0 Å². The zero-order chi connectivity index (χ0) is 13.9. The number of aromatic nitrogens is 1. The maximum atomic E-state index is 4.43. The van der Waals surface area contributed by atoms with E-state index in [1.807, 2.05) is 13.2 Å². The van der Waals surface area contributed by atoms with Crippen LogP contribution < -0.4 is 10.2 Å². The van der Waals surface area contributed by atoms with Crippen molar-refractivity contribution in [3.63, 3.8) is 0 Å². The van der Waals surface area contributed by atoms with E-state index in [-0.39, 0.29) is 0 Å². The molecule has 1 aromatic rings. The minimum Gasteiger partial charge on any atom is -0.370 e. The lowest BCUT2D eigenvalue weighted by Gasteiger charge is -2.26. The van der Waals surface area contributed by atoms with Gasteiger partial charge in [-0.25, -0.2) is 0 Å². The van der Waals surface area contributed by atoms with Crippen LogP contribution in [0.3, 0.4) is 0 Å². The molecule has 0 atom stereocenters. The normalized spacial score (nSPS) is 19.3. The summed E-state index contributed by atoms with van der Waals surface area (Å²) in [6.07, 6.45) is 3.25. The van der Waals surface area contributed by atoms with Gasteiger partial charge in [-0.3, -0.25) is 4.98 Å². The fourth-order valence-corrected chi connectivity index (χ4v) is 3.56. The first kappa shape index (κ1) is 14.7. The van der Waals surface area contributed by atoms with Gasteiger partial charge < -0.3 is 10.2 Å². The minimum absolute atomic E-state index is 0.403. The maximum absolute atomic E-state index is 4.43. The summed E-state index contributed by atoms with van der Waals surface area (Å²) in [5.74, 6) is 1.20. The van der Waals surface area contributed by atoms with Crippen molar-refractivity contribution in [3.05, 3.63) is 23.5 Å². The molecule has 1 saturated heterocycles. The van der Waals surface area contributed by atoms with Gasteiger partial charge in [-0.2, -0.15) is 11.8 Å². The SMILES string of the molecule is CNCc1cnc(C)cc1N1CCSC(C)(C)CC1. The predicted octanol–water partition coefficient (Wildman–Crippen LogP) is 2.83. The van der Waals surface area contributed by atoms with Crippen molar-refractivity contribution in [2.24, 2.45) is 0 Å². The van der Waals surface area contributed by atoms with E-state index in [2.05, 4.69) is 53.8 Å². The molecule has 106 valence electrons. The third kappa shape index (κ3) is 3.86. The van der Waals surface area contributed by atoms with Crippen molar-refractivity contribution in [3.8, 4) is 0 Å². The smallest absolute Gasteiger partial charge is 0.0445 e. The Morgan fingerprint density at radius 3 is 2.95 bits per heavy atom. The lowest BCUT2D eigenvalue weighted by Crippen LogP contribution is -2.28. The van der Waals surface area contributed by atoms with Crippen LogP contribution in [-0.4, -0.2) is 35.6 Å². The van der Waals surface area contributed by atoms with E-state index < -0.39 is 0 Å². The number of pyridine rings is 1.